The lowest BCUT2D eigenvalue weighted by molar-refractivity contribution is -0.270. The zero-order valence-corrected chi connectivity index (χ0v) is 13.0. The zero-order valence-electron chi connectivity index (χ0n) is 13.0. The first-order valence-corrected chi connectivity index (χ1v) is 8.70. The number of fused-ring (bicyclic) bond motifs is 2. The Morgan fingerprint density at radius 2 is 1.71 bits per heavy atom. The Kier molecular flexibility index (Phi) is 2.81. The Balaban J connectivity index is 1.25. The Hall–Kier alpha value is -0.160. The highest BCUT2D eigenvalue weighted by Gasteiger charge is 2.57. The molecule has 4 heteroatoms. The van der Waals surface area contributed by atoms with Crippen LogP contribution < -0.4 is 0 Å². The normalized spacial score (nSPS) is 62.0. The summed E-state index contributed by atoms with van der Waals surface area (Å²) in [5.74, 6) is 1.72. The van der Waals surface area contributed by atoms with E-state index in [-0.39, 0.29) is 11.7 Å². The van der Waals surface area contributed by atoms with Gasteiger partial charge in [-0.3, -0.25) is 0 Å². The van der Waals surface area contributed by atoms with Crippen LogP contribution in [0, 0.1) is 23.2 Å². The topological polar surface area (TPSA) is 43.5 Å². The molecule has 0 radical (unpaired) electrons. The molecule has 3 saturated heterocycles. The van der Waals surface area contributed by atoms with Crippen LogP contribution in [-0.4, -0.2) is 43.9 Å². The molecule has 5 fully saturated rings. The van der Waals surface area contributed by atoms with Crippen molar-refractivity contribution in [2.75, 3.05) is 13.2 Å². The van der Waals surface area contributed by atoms with Crippen molar-refractivity contribution in [1.29, 1.82) is 0 Å². The maximum Gasteiger partial charge on any atom is 0.160 e. The molecule has 2 saturated carbocycles. The fraction of sp³-hybridized carbons (Fsp3) is 1.00. The van der Waals surface area contributed by atoms with Crippen molar-refractivity contribution >= 4 is 0 Å². The number of hydrogen-bond donors (Lipinski definition) is 0. The van der Waals surface area contributed by atoms with E-state index in [0.717, 1.165) is 19.6 Å². The minimum absolute atomic E-state index is 0.0131. The van der Waals surface area contributed by atoms with Crippen LogP contribution in [0.5, 0.6) is 0 Å². The van der Waals surface area contributed by atoms with Crippen LogP contribution in [-0.2, 0) is 18.9 Å². The third-order valence-corrected chi connectivity index (χ3v) is 6.95. The van der Waals surface area contributed by atoms with Crippen molar-refractivity contribution in [1.82, 2.24) is 0 Å². The second-order valence-electron chi connectivity index (χ2n) is 8.15. The molecule has 3 aliphatic heterocycles. The summed E-state index contributed by atoms with van der Waals surface area (Å²) in [5.41, 5.74) is 0.199. The van der Waals surface area contributed by atoms with E-state index in [1.807, 2.05) is 0 Å². The van der Waals surface area contributed by atoms with Gasteiger partial charge in [0.25, 0.3) is 0 Å². The molecule has 5 aliphatic rings. The van der Waals surface area contributed by atoms with Crippen molar-refractivity contribution in [3.8, 4) is 0 Å². The van der Waals surface area contributed by atoms with Gasteiger partial charge in [-0.2, -0.15) is 0 Å². The molecule has 0 aromatic carbocycles. The van der Waals surface area contributed by atoms with E-state index >= 15 is 0 Å². The predicted octanol–water partition coefficient (Wildman–Crippen LogP) is 2.36. The highest BCUT2D eigenvalue weighted by Crippen LogP contribution is 2.53. The molecule has 3 heterocycles. The maximum absolute atomic E-state index is 6.25. The first-order valence-electron chi connectivity index (χ1n) is 8.70. The van der Waals surface area contributed by atoms with Gasteiger partial charge in [-0.05, 0) is 37.5 Å². The summed E-state index contributed by atoms with van der Waals surface area (Å²) in [6.07, 6.45) is 6.69. The summed E-state index contributed by atoms with van der Waals surface area (Å²) in [6, 6.07) is 0. The maximum atomic E-state index is 6.25. The van der Waals surface area contributed by atoms with Crippen LogP contribution in [0.15, 0.2) is 0 Å². The van der Waals surface area contributed by atoms with E-state index in [1.165, 1.54) is 19.3 Å². The molecular weight excluding hydrogens is 268 g/mol. The van der Waals surface area contributed by atoms with Gasteiger partial charge in [0.1, 0.15) is 0 Å². The van der Waals surface area contributed by atoms with E-state index < -0.39 is 0 Å². The molecule has 0 N–H and O–H groups in total. The first kappa shape index (κ1) is 13.3. The largest absolute Gasteiger partial charge is 0.370 e. The molecule has 7 atom stereocenters. The van der Waals surface area contributed by atoms with Crippen molar-refractivity contribution < 1.29 is 18.9 Å². The van der Waals surface area contributed by atoms with Crippen molar-refractivity contribution in [3.05, 3.63) is 0 Å². The van der Waals surface area contributed by atoms with E-state index in [0.29, 0.717) is 42.2 Å². The Bertz CT molecular complexity index is 431. The van der Waals surface area contributed by atoms with Crippen LogP contribution in [0.2, 0.25) is 0 Å². The van der Waals surface area contributed by atoms with Crippen LogP contribution in [0.1, 0.15) is 39.5 Å². The molecule has 21 heavy (non-hydrogen) atoms. The van der Waals surface area contributed by atoms with E-state index in [1.54, 1.807) is 0 Å². The van der Waals surface area contributed by atoms with Gasteiger partial charge in [0.05, 0.1) is 37.6 Å². The summed E-state index contributed by atoms with van der Waals surface area (Å²) in [4.78, 5) is 0. The van der Waals surface area contributed by atoms with Crippen molar-refractivity contribution in [3.63, 3.8) is 0 Å². The lowest BCUT2D eigenvalue weighted by Crippen LogP contribution is -2.51. The molecule has 5 rings (SSSR count). The van der Waals surface area contributed by atoms with Crippen molar-refractivity contribution in [2.24, 2.45) is 23.2 Å². The summed E-state index contributed by atoms with van der Waals surface area (Å²) in [5, 5.41) is 0. The Morgan fingerprint density at radius 1 is 0.905 bits per heavy atom. The zero-order chi connectivity index (χ0) is 14.2. The molecule has 1 spiro atoms. The third-order valence-electron chi connectivity index (χ3n) is 6.95. The van der Waals surface area contributed by atoms with Crippen LogP contribution in [0.3, 0.4) is 0 Å². The highest BCUT2D eigenvalue weighted by atomic mass is 16.7. The lowest BCUT2D eigenvalue weighted by Gasteiger charge is -2.47. The minimum Gasteiger partial charge on any atom is -0.370 e. The van der Waals surface area contributed by atoms with Crippen LogP contribution in [0.25, 0.3) is 0 Å². The van der Waals surface area contributed by atoms with Gasteiger partial charge in [-0.15, -0.1) is 0 Å². The van der Waals surface area contributed by atoms with Crippen molar-refractivity contribution in [2.45, 2.75) is 70.2 Å². The molecule has 0 bridgehead atoms. The Morgan fingerprint density at radius 3 is 2.52 bits per heavy atom. The first-order chi connectivity index (χ1) is 10.2. The summed E-state index contributed by atoms with van der Waals surface area (Å²) in [7, 11) is 0. The van der Waals surface area contributed by atoms with Gasteiger partial charge in [0, 0.05) is 11.3 Å². The number of rotatable bonds is 1. The summed E-state index contributed by atoms with van der Waals surface area (Å²) >= 11 is 0. The standard InChI is InChI=1S/C17H26O4/c1-9-5-13-14(20-13)6-17(9)7-18-16(19-8-17)11-3-4-12-15(21-12)10(11)2/h9-16H,3-8H2,1-2H3. The van der Waals surface area contributed by atoms with Gasteiger partial charge in [0.2, 0.25) is 0 Å². The fourth-order valence-corrected chi connectivity index (χ4v) is 5.10. The van der Waals surface area contributed by atoms with Gasteiger partial charge in [-0.25, -0.2) is 0 Å². The predicted molar refractivity (Wildman–Crippen MR) is 75.7 cm³/mol. The lowest BCUT2D eigenvalue weighted by atomic mass is 9.67. The molecule has 2 aliphatic carbocycles. The fourth-order valence-electron chi connectivity index (χ4n) is 5.10. The number of epoxide rings is 2. The summed E-state index contributed by atoms with van der Waals surface area (Å²) < 4.78 is 24.0. The molecule has 0 amide bonds. The third kappa shape index (κ3) is 2.03. The van der Waals surface area contributed by atoms with E-state index in [9.17, 15) is 0 Å². The number of ether oxygens (including phenoxy) is 4. The molecular formula is C17H26O4. The quantitative estimate of drug-likeness (QED) is 0.696. The van der Waals surface area contributed by atoms with Crippen LogP contribution >= 0.6 is 0 Å². The van der Waals surface area contributed by atoms with E-state index in [4.69, 9.17) is 18.9 Å². The molecule has 0 aromatic heterocycles. The minimum atomic E-state index is -0.0131. The molecule has 4 nitrogen and oxygen atoms in total. The molecule has 7 unspecified atom stereocenters. The smallest absolute Gasteiger partial charge is 0.160 e. The number of hydrogen-bond acceptors (Lipinski definition) is 4. The SMILES string of the molecule is CC1C(C2OCC3(CO2)CC2OC2CC3C)CCC2OC21. The summed E-state index contributed by atoms with van der Waals surface area (Å²) in [6.45, 7) is 6.35. The molecule has 118 valence electrons. The van der Waals surface area contributed by atoms with Gasteiger partial charge >= 0.3 is 0 Å². The van der Waals surface area contributed by atoms with E-state index in [2.05, 4.69) is 13.8 Å². The van der Waals surface area contributed by atoms with Crippen LogP contribution in [0.4, 0.5) is 0 Å². The Labute approximate surface area is 126 Å². The molecule has 0 aromatic rings. The average molecular weight is 294 g/mol. The highest BCUT2D eigenvalue weighted by molar-refractivity contribution is 5.04. The van der Waals surface area contributed by atoms with Gasteiger partial charge in [0.15, 0.2) is 6.29 Å². The van der Waals surface area contributed by atoms with Gasteiger partial charge in [-0.1, -0.05) is 13.8 Å². The second-order valence-corrected chi connectivity index (χ2v) is 8.15. The second kappa shape index (κ2) is 4.44. The monoisotopic (exact) mass is 294 g/mol. The average Bonchev–Trinajstić information content (AvgIpc) is 3.36. The van der Waals surface area contributed by atoms with Gasteiger partial charge < -0.3 is 18.9 Å².